The number of carbonyl (C=O) groups excluding carboxylic acids is 1. The van der Waals surface area contributed by atoms with Crippen LogP contribution in [-0.2, 0) is 0 Å². The summed E-state index contributed by atoms with van der Waals surface area (Å²) in [5.41, 5.74) is 3.65. The summed E-state index contributed by atoms with van der Waals surface area (Å²) in [5.74, 6) is 0.0832. The van der Waals surface area contributed by atoms with Crippen LogP contribution in [0.5, 0.6) is 0 Å². The second-order valence-corrected chi connectivity index (χ2v) is 6.14. The fraction of sp³-hybridized carbons (Fsp3) is 0.105. The summed E-state index contributed by atoms with van der Waals surface area (Å²) in [4.78, 5) is 12.9. The molecule has 0 aliphatic carbocycles. The van der Waals surface area contributed by atoms with Crippen molar-refractivity contribution in [1.29, 1.82) is 0 Å². The monoisotopic (exact) mass is 338 g/mol. The Kier molecular flexibility index (Phi) is 3.64. The van der Waals surface area contributed by atoms with Crippen LogP contribution < -0.4 is 0 Å². The molecule has 0 unspecified atom stereocenters. The quantitative estimate of drug-likeness (QED) is 0.568. The van der Waals surface area contributed by atoms with Gasteiger partial charge in [0.25, 0.3) is 0 Å². The molecule has 0 N–H and O–H groups in total. The number of benzene rings is 3. The highest BCUT2D eigenvalue weighted by atomic mass is 79.9. The molecule has 0 radical (unpaired) electrons. The van der Waals surface area contributed by atoms with Gasteiger partial charge in [0.15, 0.2) is 5.78 Å². The maximum absolute atomic E-state index is 12.9. The maximum Gasteiger partial charge on any atom is 0.193 e. The molecule has 0 aliphatic heterocycles. The number of hydrogen-bond acceptors (Lipinski definition) is 1. The molecule has 0 bridgehead atoms. The lowest BCUT2D eigenvalue weighted by atomic mass is 9.94. The number of fused-ring (bicyclic) bond motifs is 1. The highest BCUT2D eigenvalue weighted by Crippen LogP contribution is 2.29. The number of ketones is 1. The largest absolute Gasteiger partial charge is 0.289 e. The summed E-state index contributed by atoms with van der Waals surface area (Å²) in [5, 5.41) is 2.05. The van der Waals surface area contributed by atoms with Crippen molar-refractivity contribution in [1.82, 2.24) is 0 Å². The molecule has 3 rings (SSSR count). The summed E-state index contributed by atoms with van der Waals surface area (Å²) in [6, 6.07) is 17.8. The van der Waals surface area contributed by atoms with Crippen molar-refractivity contribution in [2.45, 2.75) is 13.8 Å². The SMILES string of the molecule is Cc1ccc(C)c(C(=O)c2ccc(Br)c3ccccc23)c1. The Balaban J connectivity index is 2.23. The van der Waals surface area contributed by atoms with Crippen molar-refractivity contribution in [3.63, 3.8) is 0 Å². The minimum Gasteiger partial charge on any atom is -0.289 e. The number of halogens is 1. The molecule has 1 nitrogen and oxygen atoms in total. The van der Waals surface area contributed by atoms with Gasteiger partial charge in [0.1, 0.15) is 0 Å². The van der Waals surface area contributed by atoms with Gasteiger partial charge in [-0.1, -0.05) is 57.9 Å². The topological polar surface area (TPSA) is 17.1 Å². The van der Waals surface area contributed by atoms with Crippen LogP contribution in [0.3, 0.4) is 0 Å². The van der Waals surface area contributed by atoms with Crippen LogP contribution in [-0.4, -0.2) is 5.78 Å². The predicted octanol–water partition coefficient (Wildman–Crippen LogP) is 5.45. The molecule has 0 saturated heterocycles. The van der Waals surface area contributed by atoms with E-state index in [4.69, 9.17) is 0 Å². The third-order valence-corrected chi connectivity index (χ3v) is 4.44. The summed E-state index contributed by atoms with van der Waals surface area (Å²) in [6.45, 7) is 3.99. The first-order valence-corrected chi connectivity index (χ1v) is 7.66. The molecule has 0 saturated carbocycles. The van der Waals surface area contributed by atoms with E-state index in [1.807, 2.05) is 68.4 Å². The maximum atomic E-state index is 12.9. The van der Waals surface area contributed by atoms with Crippen molar-refractivity contribution < 1.29 is 4.79 Å². The predicted molar refractivity (Wildman–Crippen MR) is 91.0 cm³/mol. The zero-order chi connectivity index (χ0) is 15.0. The first kappa shape index (κ1) is 14.0. The van der Waals surface area contributed by atoms with Crippen LogP contribution in [0.1, 0.15) is 27.0 Å². The number of hydrogen-bond donors (Lipinski definition) is 0. The van der Waals surface area contributed by atoms with E-state index in [1.54, 1.807) is 0 Å². The van der Waals surface area contributed by atoms with Gasteiger partial charge in [-0.15, -0.1) is 0 Å². The van der Waals surface area contributed by atoms with Gasteiger partial charge in [0.05, 0.1) is 0 Å². The van der Waals surface area contributed by atoms with Gasteiger partial charge >= 0.3 is 0 Å². The van der Waals surface area contributed by atoms with Gasteiger partial charge in [0.2, 0.25) is 0 Å². The highest BCUT2D eigenvalue weighted by Gasteiger charge is 2.15. The van der Waals surface area contributed by atoms with E-state index in [1.165, 1.54) is 0 Å². The van der Waals surface area contributed by atoms with Crippen molar-refractivity contribution in [3.05, 3.63) is 81.3 Å². The van der Waals surface area contributed by atoms with Crippen molar-refractivity contribution in [2.24, 2.45) is 0 Å². The average molecular weight is 339 g/mol. The van der Waals surface area contributed by atoms with Gasteiger partial charge in [-0.05, 0) is 48.4 Å². The molecule has 104 valence electrons. The van der Waals surface area contributed by atoms with Crippen LogP contribution in [0.2, 0.25) is 0 Å². The number of aryl methyl sites for hydroxylation is 2. The second kappa shape index (κ2) is 5.45. The lowest BCUT2D eigenvalue weighted by molar-refractivity contribution is 0.103. The highest BCUT2D eigenvalue weighted by molar-refractivity contribution is 9.10. The van der Waals surface area contributed by atoms with E-state index in [2.05, 4.69) is 15.9 Å². The number of rotatable bonds is 2. The van der Waals surface area contributed by atoms with Crippen LogP contribution >= 0.6 is 15.9 Å². The Morgan fingerprint density at radius 2 is 1.57 bits per heavy atom. The fourth-order valence-electron chi connectivity index (χ4n) is 2.59. The summed E-state index contributed by atoms with van der Waals surface area (Å²) < 4.78 is 1.01. The Bertz CT molecular complexity index is 849. The second-order valence-electron chi connectivity index (χ2n) is 5.29. The normalized spacial score (nSPS) is 10.8. The van der Waals surface area contributed by atoms with E-state index in [0.717, 1.165) is 37.5 Å². The van der Waals surface area contributed by atoms with Gasteiger partial charge in [0, 0.05) is 15.6 Å². The van der Waals surface area contributed by atoms with Gasteiger partial charge < -0.3 is 0 Å². The van der Waals surface area contributed by atoms with E-state index in [0.29, 0.717) is 0 Å². The molecule has 2 heteroatoms. The van der Waals surface area contributed by atoms with E-state index in [9.17, 15) is 4.79 Å². The smallest absolute Gasteiger partial charge is 0.193 e. The van der Waals surface area contributed by atoms with E-state index >= 15 is 0 Å². The first-order valence-electron chi connectivity index (χ1n) is 6.87. The Morgan fingerprint density at radius 1 is 0.857 bits per heavy atom. The molecule has 0 heterocycles. The Hall–Kier alpha value is -1.93. The minimum atomic E-state index is 0.0832. The molecule has 3 aromatic rings. The third kappa shape index (κ3) is 2.52. The van der Waals surface area contributed by atoms with Gasteiger partial charge in [-0.25, -0.2) is 0 Å². The van der Waals surface area contributed by atoms with Gasteiger partial charge in [-0.3, -0.25) is 4.79 Å². The van der Waals surface area contributed by atoms with Crippen molar-refractivity contribution >= 4 is 32.5 Å². The molecule has 0 aromatic heterocycles. The van der Waals surface area contributed by atoms with Crippen LogP contribution in [0, 0.1) is 13.8 Å². The van der Waals surface area contributed by atoms with Gasteiger partial charge in [-0.2, -0.15) is 0 Å². The fourth-order valence-corrected chi connectivity index (χ4v) is 3.06. The van der Waals surface area contributed by atoms with Crippen LogP contribution in [0.15, 0.2) is 59.1 Å². The lowest BCUT2D eigenvalue weighted by Gasteiger charge is -2.10. The van der Waals surface area contributed by atoms with E-state index in [-0.39, 0.29) is 5.78 Å². The number of carbonyl (C=O) groups is 1. The molecule has 0 aliphatic rings. The van der Waals surface area contributed by atoms with E-state index < -0.39 is 0 Å². The molecule has 0 spiro atoms. The molecule has 3 aromatic carbocycles. The standard InChI is InChI=1S/C19H15BrO/c1-12-7-8-13(2)17(11-12)19(21)16-9-10-18(20)15-6-4-3-5-14(15)16/h3-11H,1-2H3. The zero-order valence-corrected chi connectivity index (χ0v) is 13.6. The van der Waals surface area contributed by atoms with Crippen molar-refractivity contribution in [3.8, 4) is 0 Å². The molecular weight excluding hydrogens is 324 g/mol. The molecule has 0 atom stereocenters. The summed E-state index contributed by atoms with van der Waals surface area (Å²) in [6.07, 6.45) is 0. The minimum absolute atomic E-state index is 0.0832. The molecule has 0 amide bonds. The lowest BCUT2D eigenvalue weighted by Crippen LogP contribution is -2.05. The molecule has 21 heavy (non-hydrogen) atoms. The van der Waals surface area contributed by atoms with Crippen molar-refractivity contribution in [2.75, 3.05) is 0 Å². The van der Waals surface area contributed by atoms with Crippen LogP contribution in [0.4, 0.5) is 0 Å². The Labute approximate surface area is 132 Å². The average Bonchev–Trinajstić information content (AvgIpc) is 2.50. The first-order chi connectivity index (χ1) is 10.1. The summed E-state index contributed by atoms with van der Waals surface area (Å²) >= 11 is 3.55. The molecular formula is C19H15BrO. The van der Waals surface area contributed by atoms with Crippen LogP contribution in [0.25, 0.3) is 10.8 Å². The zero-order valence-electron chi connectivity index (χ0n) is 12.0. The third-order valence-electron chi connectivity index (χ3n) is 3.75. The molecule has 0 fully saturated rings. The summed E-state index contributed by atoms with van der Waals surface area (Å²) in [7, 11) is 0. The Morgan fingerprint density at radius 3 is 2.33 bits per heavy atom.